The molecule has 2 aromatic carbocycles. The van der Waals surface area contributed by atoms with Crippen LogP contribution in [0.15, 0.2) is 24.3 Å². The molecule has 2 N–H and O–H groups in total. The molecule has 0 radical (unpaired) electrons. The van der Waals surface area contributed by atoms with Crippen LogP contribution in [-0.4, -0.2) is 17.3 Å². The lowest BCUT2D eigenvalue weighted by Crippen LogP contribution is -1.94. The van der Waals surface area contributed by atoms with Gasteiger partial charge in [-0.15, -0.1) is 0 Å². The molecule has 0 saturated heterocycles. The third-order valence-corrected chi connectivity index (χ3v) is 3.72. The lowest BCUT2D eigenvalue weighted by Gasteiger charge is -2.16. The van der Waals surface area contributed by atoms with Crippen LogP contribution in [0.1, 0.15) is 36.5 Å². The number of hydrogen-bond donors (Lipinski definition) is 2. The second-order valence-electron chi connectivity index (χ2n) is 5.75. The zero-order chi connectivity index (χ0) is 15.7. The molecule has 0 aliphatic carbocycles. The Bertz CT molecular complexity index is 673. The summed E-state index contributed by atoms with van der Waals surface area (Å²) in [6.45, 7) is 8.01. The number of aromatic hydroxyl groups is 2. The van der Waals surface area contributed by atoms with E-state index in [4.69, 9.17) is 4.74 Å². The summed E-state index contributed by atoms with van der Waals surface area (Å²) in [5.74, 6) is 1.01. The maximum absolute atomic E-state index is 10.4. The van der Waals surface area contributed by atoms with Crippen molar-refractivity contribution in [2.24, 2.45) is 0 Å². The third kappa shape index (κ3) is 2.82. The average molecular weight is 286 g/mol. The number of phenols is 2. The summed E-state index contributed by atoms with van der Waals surface area (Å²) >= 11 is 0. The van der Waals surface area contributed by atoms with Crippen molar-refractivity contribution in [1.82, 2.24) is 0 Å². The fourth-order valence-corrected chi connectivity index (χ4v) is 2.45. The smallest absolute Gasteiger partial charge is 0.165 e. The molecule has 0 saturated carbocycles. The first-order chi connectivity index (χ1) is 9.85. The number of phenolic OH excluding ortho intramolecular Hbond substituents is 2. The van der Waals surface area contributed by atoms with Gasteiger partial charge in [0.05, 0.1) is 7.11 Å². The van der Waals surface area contributed by atoms with Crippen LogP contribution >= 0.6 is 0 Å². The standard InChI is InChI=1S/C18H22O3/c1-10(2)13-8-12(4)17(19)15(9-13)14-6-11(3)7-16(21-5)18(14)20/h6-10,19-20H,1-5H3. The molecule has 0 aliphatic rings. The number of hydrogen-bond acceptors (Lipinski definition) is 3. The molecule has 0 aliphatic heterocycles. The normalized spacial score (nSPS) is 11.0. The van der Waals surface area contributed by atoms with Crippen molar-refractivity contribution in [2.75, 3.05) is 7.11 Å². The Kier molecular flexibility index (Phi) is 4.12. The fraction of sp³-hybridized carbons (Fsp3) is 0.333. The van der Waals surface area contributed by atoms with E-state index >= 15 is 0 Å². The minimum Gasteiger partial charge on any atom is -0.507 e. The predicted octanol–water partition coefficient (Wildman–Crippen LogP) is 4.51. The van der Waals surface area contributed by atoms with Gasteiger partial charge in [0.1, 0.15) is 5.75 Å². The highest BCUT2D eigenvalue weighted by molar-refractivity contribution is 5.80. The van der Waals surface area contributed by atoms with Crippen LogP contribution < -0.4 is 4.74 Å². The quantitative estimate of drug-likeness (QED) is 0.872. The zero-order valence-corrected chi connectivity index (χ0v) is 13.2. The number of benzene rings is 2. The van der Waals surface area contributed by atoms with Gasteiger partial charge in [-0.05, 0) is 54.7 Å². The summed E-state index contributed by atoms with van der Waals surface area (Å²) in [5, 5.41) is 20.8. The fourth-order valence-electron chi connectivity index (χ4n) is 2.45. The van der Waals surface area contributed by atoms with E-state index in [-0.39, 0.29) is 11.5 Å². The molecule has 0 atom stereocenters. The Labute approximate surface area is 125 Å². The van der Waals surface area contributed by atoms with Crippen LogP contribution in [0.3, 0.4) is 0 Å². The molecule has 0 aromatic heterocycles. The molecule has 0 spiro atoms. The summed E-state index contributed by atoms with van der Waals surface area (Å²) in [6, 6.07) is 7.54. The van der Waals surface area contributed by atoms with E-state index in [2.05, 4.69) is 13.8 Å². The van der Waals surface area contributed by atoms with Crippen LogP contribution in [0.4, 0.5) is 0 Å². The first-order valence-electron chi connectivity index (χ1n) is 7.06. The molecule has 0 amide bonds. The second kappa shape index (κ2) is 5.68. The van der Waals surface area contributed by atoms with Crippen LogP contribution in [0, 0.1) is 13.8 Å². The Hall–Kier alpha value is -2.16. The van der Waals surface area contributed by atoms with Crippen molar-refractivity contribution in [2.45, 2.75) is 33.6 Å². The van der Waals surface area contributed by atoms with E-state index in [1.165, 1.54) is 7.11 Å². The summed E-state index contributed by atoms with van der Waals surface area (Å²) in [5.41, 5.74) is 4.12. The first kappa shape index (κ1) is 15.2. The number of methoxy groups -OCH3 is 1. The lowest BCUT2D eigenvalue weighted by molar-refractivity contribution is 0.374. The summed E-state index contributed by atoms with van der Waals surface area (Å²) in [6.07, 6.45) is 0. The van der Waals surface area contributed by atoms with E-state index in [1.54, 1.807) is 6.07 Å². The van der Waals surface area contributed by atoms with Crippen LogP contribution in [0.5, 0.6) is 17.2 Å². The van der Waals surface area contributed by atoms with E-state index in [1.807, 2.05) is 32.0 Å². The van der Waals surface area contributed by atoms with Crippen LogP contribution in [0.25, 0.3) is 11.1 Å². The van der Waals surface area contributed by atoms with Gasteiger partial charge in [-0.3, -0.25) is 0 Å². The molecule has 3 nitrogen and oxygen atoms in total. The van der Waals surface area contributed by atoms with Gasteiger partial charge >= 0.3 is 0 Å². The van der Waals surface area contributed by atoms with Gasteiger partial charge < -0.3 is 14.9 Å². The molecule has 112 valence electrons. The molecule has 0 heterocycles. The van der Waals surface area contributed by atoms with Crippen molar-refractivity contribution in [3.63, 3.8) is 0 Å². The van der Waals surface area contributed by atoms with Gasteiger partial charge in [0.2, 0.25) is 0 Å². The molecule has 2 aromatic rings. The minimum atomic E-state index is 0.0544. The maximum atomic E-state index is 10.4. The van der Waals surface area contributed by atoms with Gasteiger partial charge in [0, 0.05) is 11.1 Å². The molecule has 0 unspecified atom stereocenters. The zero-order valence-electron chi connectivity index (χ0n) is 13.2. The van der Waals surface area contributed by atoms with Gasteiger partial charge in [0.25, 0.3) is 0 Å². The highest BCUT2D eigenvalue weighted by atomic mass is 16.5. The van der Waals surface area contributed by atoms with Crippen LogP contribution in [0.2, 0.25) is 0 Å². The Morgan fingerprint density at radius 1 is 0.905 bits per heavy atom. The Morgan fingerprint density at radius 2 is 1.52 bits per heavy atom. The number of ether oxygens (including phenoxy) is 1. The maximum Gasteiger partial charge on any atom is 0.165 e. The molecular formula is C18H22O3. The van der Waals surface area contributed by atoms with E-state index in [9.17, 15) is 10.2 Å². The SMILES string of the molecule is COc1cc(C)cc(-c2cc(C(C)C)cc(C)c2O)c1O. The van der Waals surface area contributed by atoms with Crippen molar-refractivity contribution in [3.8, 4) is 28.4 Å². The largest absolute Gasteiger partial charge is 0.507 e. The second-order valence-corrected chi connectivity index (χ2v) is 5.75. The molecular weight excluding hydrogens is 264 g/mol. The number of aryl methyl sites for hydroxylation is 2. The predicted molar refractivity (Wildman–Crippen MR) is 85.3 cm³/mol. The van der Waals surface area contributed by atoms with Gasteiger partial charge in [-0.2, -0.15) is 0 Å². The molecule has 3 heteroatoms. The first-order valence-corrected chi connectivity index (χ1v) is 7.06. The van der Waals surface area contributed by atoms with Crippen molar-refractivity contribution in [1.29, 1.82) is 0 Å². The molecule has 0 fully saturated rings. The summed E-state index contributed by atoms with van der Waals surface area (Å²) < 4.78 is 5.20. The van der Waals surface area contributed by atoms with Crippen molar-refractivity contribution >= 4 is 0 Å². The highest BCUT2D eigenvalue weighted by Gasteiger charge is 2.17. The third-order valence-electron chi connectivity index (χ3n) is 3.72. The molecule has 21 heavy (non-hydrogen) atoms. The topological polar surface area (TPSA) is 49.7 Å². The average Bonchev–Trinajstić information content (AvgIpc) is 2.43. The minimum absolute atomic E-state index is 0.0544. The van der Waals surface area contributed by atoms with E-state index in [0.717, 1.165) is 16.7 Å². The van der Waals surface area contributed by atoms with E-state index < -0.39 is 0 Å². The molecule has 2 rings (SSSR count). The highest BCUT2D eigenvalue weighted by Crippen LogP contribution is 2.43. The molecule has 0 bridgehead atoms. The lowest BCUT2D eigenvalue weighted by atomic mass is 9.92. The van der Waals surface area contributed by atoms with Crippen molar-refractivity contribution in [3.05, 3.63) is 41.0 Å². The Morgan fingerprint density at radius 3 is 2.10 bits per heavy atom. The summed E-state index contributed by atoms with van der Waals surface area (Å²) in [7, 11) is 1.52. The Balaban J connectivity index is 2.75. The van der Waals surface area contributed by atoms with Gasteiger partial charge in [-0.1, -0.05) is 19.9 Å². The monoisotopic (exact) mass is 286 g/mol. The van der Waals surface area contributed by atoms with Crippen molar-refractivity contribution < 1.29 is 14.9 Å². The van der Waals surface area contributed by atoms with E-state index in [0.29, 0.717) is 22.8 Å². The van der Waals surface area contributed by atoms with Gasteiger partial charge in [0.15, 0.2) is 11.5 Å². The number of rotatable bonds is 3. The van der Waals surface area contributed by atoms with Crippen LogP contribution in [-0.2, 0) is 0 Å². The summed E-state index contributed by atoms with van der Waals surface area (Å²) in [4.78, 5) is 0. The van der Waals surface area contributed by atoms with Gasteiger partial charge in [-0.25, -0.2) is 0 Å².